The molecule has 0 atom stereocenters. The zero-order valence-corrected chi connectivity index (χ0v) is 9.14. The average Bonchev–Trinajstić information content (AvgIpc) is 2.50. The number of benzene rings is 1. The lowest BCUT2D eigenvalue weighted by Gasteiger charge is -2.07. The third-order valence-electron chi connectivity index (χ3n) is 2.08. The van der Waals surface area contributed by atoms with Gasteiger partial charge < -0.3 is 10.1 Å². The van der Waals surface area contributed by atoms with Crippen molar-refractivity contribution < 1.29 is 18.7 Å². The maximum absolute atomic E-state index is 13.6. The van der Waals surface area contributed by atoms with Gasteiger partial charge in [-0.2, -0.15) is 0 Å². The van der Waals surface area contributed by atoms with Crippen molar-refractivity contribution in [3.05, 3.63) is 21.9 Å². The Hall–Kier alpha value is -1.43. The lowest BCUT2D eigenvalue weighted by atomic mass is 10.1. The minimum absolute atomic E-state index is 0.00227. The van der Waals surface area contributed by atoms with E-state index in [9.17, 15) is 14.0 Å². The Labute approximate surface area is 92.5 Å². The van der Waals surface area contributed by atoms with Crippen LogP contribution >= 0.6 is 15.9 Å². The summed E-state index contributed by atoms with van der Waals surface area (Å²) in [4.78, 5) is 22.3. The number of ether oxygens (including phenoxy) is 1. The van der Waals surface area contributed by atoms with Gasteiger partial charge >= 0.3 is 0 Å². The van der Waals surface area contributed by atoms with Crippen molar-refractivity contribution in [1.82, 2.24) is 0 Å². The second-order valence-corrected chi connectivity index (χ2v) is 3.71. The van der Waals surface area contributed by atoms with Gasteiger partial charge in [0.05, 0.1) is 22.8 Å². The van der Waals surface area contributed by atoms with Crippen molar-refractivity contribution in [2.75, 3.05) is 12.4 Å². The summed E-state index contributed by atoms with van der Waals surface area (Å²) in [5, 5.41) is 2.16. The third kappa shape index (κ3) is 1.32. The van der Waals surface area contributed by atoms with Crippen LogP contribution in [0.4, 0.5) is 10.1 Å². The number of hydrogen-bond acceptors (Lipinski definition) is 3. The van der Waals surface area contributed by atoms with Crippen molar-refractivity contribution in [2.45, 2.75) is 0 Å². The number of anilines is 1. The number of halogens is 2. The van der Waals surface area contributed by atoms with E-state index in [0.717, 1.165) is 0 Å². The van der Waals surface area contributed by atoms with Crippen LogP contribution in [0.2, 0.25) is 0 Å². The topological polar surface area (TPSA) is 55.4 Å². The van der Waals surface area contributed by atoms with E-state index in [0.29, 0.717) is 0 Å². The first-order valence-corrected chi connectivity index (χ1v) is 4.77. The maximum atomic E-state index is 13.6. The number of amides is 1. The molecular formula is C9H5BrFNO3. The van der Waals surface area contributed by atoms with Crippen LogP contribution in [0.3, 0.4) is 0 Å². The number of hydrogen-bond donors (Lipinski definition) is 1. The maximum Gasteiger partial charge on any atom is 0.296 e. The van der Waals surface area contributed by atoms with E-state index < -0.39 is 17.5 Å². The minimum Gasteiger partial charge on any atom is -0.495 e. The summed E-state index contributed by atoms with van der Waals surface area (Å²) >= 11 is 2.97. The fourth-order valence-corrected chi connectivity index (χ4v) is 1.82. The van der Waals surface area contributed by atoms with Crippen molar-refractivity contribution in [3.8, 4) is 5.75 Å². The molecule has 1 aliphatic rings. The monoisotopic (exact) mass is 273 g/mol. The molecule has 1 N–H and O–H groups in total. The van der Waals surface area contributed by atoms with Gasteiger partial charge in [-0.25, -0.2) is 4.39 Å². The summed E-state index contributed by atoms with van der Waals surface area (Å²) in [6.45, 7) is 0. The van der Waals surface area contributed by atoms with Crippen LogP contribution in [-0.2, 0) is 4.79 Å². The van der Waals surface area contributed by atoms with Crippen molar-refractivity contribution in [3.63, 3.8) is 0 Å². The number of Topliss-reactive ketones (excluding diaryl/α,β-unsaturated/α-hetero) is 1. The molecule has 0 spiro atoms. The number of ketones is 1. The molecule has 1 heterocycles. The number of methoxy groups -OCH3 is 1. The Morgan fingerprint density at radius 3 is 2.73 bits per heavy atom. The van der Waals surface area contributed by atoms with Gasteiger partial charge in [-0.05, 0) is 22.0 Å². The minimum atomic E-state index is -0.830. The molecule has 1 aliphatic heterocycles. The Balaban J connectivity index is 2.71. The van der Waals surface area contributed by atoms with Gasteiger partial charge in [0.1, 0.15) is 5.75 Å². The second kappa shape index (κ2) is 3.30. The quantitative estimate of drug-likeness (QED) is 0.793. The van der Waals surface area contributed by atoms with Gasteiger partial charge in [0.2, 0.25) is 0 Å². The van der Waals surface area contributed by atoms with Gasteiger partial charge in [-0.1, -0.05) is 0 Å². The first kappa shape index (κ1) is 10.1. The summed E-state index contributed by atoms with van der Waals surface area (Å²) in [7, 11) is 1.35. The van der Waals surface area contributed by atoms with Gasteiger partial charge in [0, 0.05) is 0 Å². The highest BCUT2D eigenvalue weighted by Gasteiger charge is 2.33. The van der Waals surface area contributed by atoms with Crippen LogP contribution in [0.25, 0.3) is 0 Å². The molecule has 6 heteroatoms. The highest BCUT2D eigenvalue weighted by molar-refractivity contribution is 9.10. The van der Waals surface area contributed by atoms with Crippen LogP contribution in [0.1, 0.15) is 10.4 Å². The summed E-state index contributed by atoms with van der Waals surface area (Å²) in [5.41, 5.74) is -0.102. The number of fused-ring (bicyclic) bond motifs is 1. The van der Waals surface area contributed by atoms with E-state index in [1.807, 2.05) is 0 Å². The van der Waals surface area contributed by atoms with E-state index in [4.69, 9.17) is 4.74 Å². The van der Waals surface area contributed by atoms with Crippen LogP contribution in [0.5, 0.6) is 5.75 Å². The zero-order chi connectivity index (χ0) is 11.2. The van der Waals surface area contributed by atoms with Gasteiger partial charge in [-0.3, -0.25) is 9.59 Å². The Kier molecular flexibility index (Phi) is 2.22. The second-order valence-electron chi connectivity index (χ2n) is 2.91. The Morgan fingerprint density at radius 2 is 2.13 bits per heavy atom. The van der Waals surface area contributed by atoms with Gasteiger partial charge in [0.15, 0.2) is 5.82 Å². The molecule has 0 bridgehead atoms. The molecule has 0 saturated heterocycles. The summed E-state index contributed by atoms with van der Waals surface area (Å²) < 4.78 is 18.5. The summed E-state index contributed by atoms with van der Waals surface area (Å²) in [6, 6.07) is 1.32. The molecule has 1 aromatic rings. The molecule has 0 aliphatic carbocycles. The molecule has 78 valence electrons. The standard InChI is InChI=1S/C9H5BrFNO3/c1-15-4-2-3-7(6(11)5(4)10)12-9(14)8(3)13/h2H,1H3,(H,12,13,14). The number of carbonyl (C=O) groups is 2. The molecular weight excluding hydrogens is 269 g/mol. The van der Waals surface area contributed by atoms with Crippen LogP contribution < -0.4 is 10.1 Å². The normalized spacial score (nSPS) is 13.8. The predicted molar refractivity (Wildman–Crippen MR) is 53.6 cm³/mol. The Bertz CT molecular complexity index is 487. The van der Waals surface area contributed by atoms with Gasteiger partial charge in [-0.15, -0.1) is 0 Å². The molecule has 4 nitrogen and oxygen atoms in total. The number of carbonyl (C=O) groups excluding carboxylic acids is 2. The smallest absolute Gasteiger partial charge is 0.296 e. The average molecular weight is 274 g/mol. The molecule has 15 heavy (non-hydrogen) atoms. The summed E-state index contributed by atoms with van der Waals surface area (Å²) in [6.07, 6.45) is 0. The highest BCUT2D eigenvalue weighted by Crippen LogP contribution is 2.37. The SMILES string of the molecule is COc1cc2c(c(F)c1Br)NC(=O)C2=O. The van der Waals surface area contributed by atoms with Gasteiger partial charge in [0.25, 0.3) is 11.7 Å². The first-order chi connectivity index (χ1) is 7.06. The summed E-state index contributed by atoms with van der Waals surface area (Å²) in [5.74, 6) is -2.11. The molecule has 2 rings (SSSR count). The lowest BCUT2D eigenvalue weighted by Crippen LogP contribution is -2.12. The van der Waals surface area contributed by atoms with E-state index >= 15 is 0 Å². The molecule has 0 saturated carbocycles. The van der Waals surface area contributed by atoms with E-state index in [1.165, 1.54) is 13.2 Å². The number of rotatable bonds is 1. The van der Waals surface area contributed by atoms with Crippen molar-refractivity contribution in [1.29, 1.82) is 0 Å². The zero-order valence-electron chi connectivity index (χ0n) is 7.56. The molecule has 0 aromatic heterocycles. The van der Waals surface area contributed by atoms with Crippen LogP contribution in [-0.4, -0.2) is 18.8 Å². The molecule has 0 fully saturated rings. The van der Waals surface area contributed by atoms with Crippen LogP contribution in [0.15, 0.2) is 10.5 Å². The van der Waals surface area contributed by atoms with Crippen LogP contribution in [0, 0.1) is 5.82 Å². The molecule has 1 aromatic carbocycles. The highest BCUT2D eigenvalue weighted by atomic mass is 79.9. The fourth-order valence-electron chi connectivity index (χ4n) is 1.35. The largest absolute Gasteiger partial charge is 0.495 e. The third-order valence-corrected chi connectivity index (χ3v) is 2.82. The first-order valence-electron chi connectivity index (χ1n) is 3.98. The van der Waals surface area contributed by atoms with E-state index in [-0.39, 0.29) is 21.5 Å². The van der Waals surface area contributed by atoms with E-state index in [1.54, 1.807) is 0 Å². The van der Waals surface area contributed by atoms with E-state index in [2.05, 4.69) is 21.2 Å². The predicted octanol–water partition coefficient (Wildman–Crippen LogP) is 1.73. The van der Waals surface area contributed by atoms with Crippen molar-refractivity contribution >= 4 is 33.3 Å². The lowest BCUT2D eigenvalue weighted by molar-refractivity contribution is -0.112. The Morgan fingerprint density at radius 1 is 1.47 bits per heavy atom. The van der Waals surface area contributed by atoms with Crippen molar-refractivity contribution in [2.24, 2.45) is 0 Å². The molecule has 0 unspecified atom stereocenters. The molecule has 0 radical (unpaired) electrons. The molecule has 1 amide bonds. The fraction of sp³-hybridized carbons (Fsp3) is 0.111. The number of nitrogens with one attached hydrogen (secondary N) is 1.